The normalized spacial score (nSPS) is 18.8. The monoisotopic (exact) mass is 448 g/mol. The Morgan fingerprint density at radius 2 is 1.81 bits per heavy atom. The molecule has 2 aliphatic heterocycles. The fourth-order valence-corrected chi connectivity index (χ4v) is 4.31. The van der Waals surface area contributed by atoms with Crippen molar-refractivity contribution in [2.75, 3.05) is 14.2 Å². The molecule has 0 saturated heterocycles. The number of carbonyl (C=O) groups excluding carboxylic acids is 1. The van der Waals surface area contributed by atoms with Gasteiger partial charge in [0.2, 0.25) is 6.23 Å². The summed E-state index contributed by atoms with van der Waals surface area (Å²) in [5, 5.41) is 7.62. The Bertz CT molecular complexity index is 1190. The Hall–Kier alpha value is -3.51. The lowest BCUT2D eigenvalue weighted by molar-refractivity contribution is -0.0209. The Labute approximate surface area is 191 Å². The van der Waals surface area contributed by atoms with E-state index in [1.54, 1.807) is 19.2 Å². The minimum atomic E-state index is -0.472. The minimum absolute atomic E-state index is 0.00943. The highest BCUT2D eigenvalue weighted by Crippen LogP contribution is 2.50. The molecule has 0 aromatic heterocycles. The second-order valence-electron chi connectivity index (χ2n) is 7.62. The molecule has 3 aromatic rings. The predicted molar refractivity (Wildman–Crippen MR) is 121 cm³/mol. The van der Waals surface area contributed by atoms with Gasteiger partial charge in [0, 0.05) is 22.6 Å². The molecule has 2 aliphatic rings. The van der Waals surface area contributed by atoms with Crippen LogP contribution in [0.3, 0.4) is 0 Å². The third kappa shape index (κ3) is 3.46. The summed E-state index contributed by atoms with van der Waals surface area (Å²) in [6.45, 7) is 0. The standard InChI is InChI=1S/C25H21ClN2O4/c1-30-22-5-3-4-19-21-14-20(15-10-12-18(26)13-11-15)27-28(21)24(32-23(19)22)16-6-8-17(9-7-16)25(29)31-2/h3-13,21,24H,14H2,1-2H3. The molecule has 0 bridgehead atoms. The molecular formula is C25H21ClN2O4. The van der Waals surface area contributed by atoms with Crippen LogP contribution in [-0.2, 0) is 4.74 Å². The summed E-state index contributed by atoms with van der Waals surface area (Å²) >= 11 is 6.07. The number of halogens is 1. The predicted octanol–water partition coefficient (Wildman–Crippen LogP) is 5.38. The maximum atomic E-state index is 11.8. The molecule has 0 radical (unpaired) electrons. The molecule has 3 aromatic carbocycles. The van der Waals surface area contributed by atoms with Crippen molar-refractivity contribution in [2.24, 2.45) is 5.10 Å². The fraction of sp³-hybridized carbons (Fsp3) is 0.200. The molecule has 0 spiro atoms. The van der Waals surface area contributed by atoms with Crippen LogP contribution >= 0.6 is 11.6 Å². The van der Waals surface area contributed by atoms with Crippen LogP contribution in [0.2, 0.25) is 5.02 Å². The number of esters is 1. The first kappa shape index (κ1) is 20.4. The highest BCUT2D eigenvalue weighted by Gasteiger charge is 2.42. The lowest BCUT2D eigenvalue weighted by atomic mass is 9.95. The first-order valence-corrected chi connectivity index (χ1v) is 10.6. The van der Waals surface area contributed by atoms with Gasteiger partial charge in [-0.3, -0.25) is 0 Å². The number of fused-ring (bicyclic) bond motifs is 3. The van der Waals surface area contributed by atoms with Gasteiger partial charge in [0.25, 0.3) is 0 Å². The van der Waals surface area contributed by atoms with Gasteiger partial charge in [0.15, 0.2) is 11.5 Å². The number of hydrogen-bond acceptors (Lipinski definition) is 6. The van der Waals surface area contributed by atoms with Crippen molar-refractivity contribution in [2.45, 2.75) is 18.7 Å². The van der Waals surface area contributed by atoms with Crippen LogP contribution in [0.4, 0.5) is 0 Å². The number of hydrogen-bond donors (Lipinski definition) is 0. The molecular weight excluding hydrogens is 428 g/mol. The fourth-order valence-electron chi connectivity index (χ4n) is 4.18. The zero-order valence-electron chi connectivity index (χ0n) is 17.6. The highest BCUT2D eigenvalue weighted by atomic mass is 35.5. The van der Waals surface area contributed by atoms with E-state index in [1.807, 2.05) is 59.6 Å². The molecule has 5 rings (SSSR count). The Morgan fingerprint density at radius 1 is 1.06 bits per heavy atom. The molecule has 0 N–H and O–H groups in total. The second kappa shape index (κ2) is 8.20. The quantitative estimate of drug-likeness (QED) is 0.501. The number of ether oxygens (including phenoxy) is 3. The molecule has 0 saturated carbocycles. The van der Waals surface area contributed by atoms with E-state index in [-0.39, 0.29) is 12.0 Å². The third-order valence-electron chi connectivity index (χ3n) is 5.79. The Morgan fingerprint density at radius 3 is 2.50 bits per heavy atom. The molecule has 162 valence electrons. The van der Waals surface area contributed by atoms with Crippen molar-refractivity contribution in [3.8, 4) is 11.5 Å². The van der Waals surface area contributed by atoms with Crippen molar-refractivity contribution in [3.63, 3.8) is 0 Å². The number of nitrogens with zero attached hydrogens (tertiary/aromatic N) is 2. The van der Waals surface area contributed by atoms with Crippen molar-refractivity contribution in [1.82, 2.24) is 5.01 Å². The summed E-state index contributed by atoms with van der Waals surface area (Å²) in [6, 6.07) is 20.8. The average molecular weight is 449 g/mol. The van der Waals surface area contributed by atoms with E-state index in [0.29, 0.717) is 22.1 Å². The summed E-state index contributed by atoms with van der Waals surface area (Å²) in [5.41, 5.74) is 4.36. The largest absolute Gasteiger partial charge is 0.493 e. The van der Waals surface area contributed by atoms with Crippen molar-refractivity contribution in [3.05, 3.63) is 94.0 Å². The van der Waals surface area contributed by atoms with Crippen LogP contribution in [0.25, 0.3) is 0 Å². The van der Waals surface area contributed by atoms with Crippen molar-refractivity contribution < 1.29 is 19.0 Å². The van der Waals surface area contributed by atoms with E-state index in [4.69, 9.17) is 30.9 Å². The topological polar surface area (TPSA) is 60.4 Å². The number of benzene rings is 3. The number of para-hydroxylation sites is 1. The van der Waals surface area contributed by atoms with Gasteiger partial charge < -0.3 is 14.2 Å². The van der Waals surface area contributed by atoms with Crippen LogP contribution < -0.4 is 9.47 Å². The number of hydrazone groups is 1. The first-order valence-electron chi connectivity index (χ1n) is 10.2. The van der Waals surface area contributed by atoms with E-state index in [1.165, 1.54) is 7.11 Å². The highest BCUT2D eigenvalue weighted by molar-refractivity contribution is 6.30. The molecule has 0 fully saturated rings. The zero-order valence-corrected chi connectivity index (χ0v) is 18.4. The van der Waals surface area contributed by atoms with Crippen molar-refractivity contribution in [1.29, 1.82) is 0 Å². The van der Waals surface area contributed by atoms with Crippen molar-refractivity contribution >= 4 is 23.3 Å². The molecule has 0 amide bonds. The van der Waals surface area contributed by atoms with Crippen LogP contribution in [0, 0.1) is 0 Å². The Kier molecular flexibility index (Phi) is 5.23. The molecule has 7 heteroatoms. The lowest BCUT2D eigenvalue weighted by Gasteiger charge is -2.38. The summed E-state index contributed by atoms with van der Waals surface area (Å²) in [4.78, 5) is 11.8. The van der Waals surface area contributed by atoms with Gasteiger partial charge >= 0.3 is 5.97 Å². The smallest absolute Gasteiger partial charge is 0.337 e. The average Bonchev–Trinajstić information content (AvgIpc) is 3.29. The summed E-state index contributed by atoms with van der Waals surface area (Å²) in [5.74, 6) is 1.01. The van der Waals surface area contributed by atoms with Gasteiger partial charge in [-0.15, -0.1) is 0 Å². The van der Waals surface area contributed by atoms with E-state index in [2.05, 4.69) is 0 Å². The van der Waals surface area contributed by atoms with Gasteiger partial charge in [-0.05, 0) is 35.9 Å². The van der Waals surface area contributed by atoms with Gasteiger partial charge in [0.05, 0.1) is 31.5 Å². The molecule has 2 atom stereocenters. The molecule has 6 nitrogen and oxygen atoms in total. The van der Waals surface area contributed by atoms with Crippen LogP contribution in [0.1, 0.15) is 45.7 Å². The summed E-state index contributed by atoms with van der Waals surface area (Å²) in [6.07, 6.45) is 0.252. The molecule has 32 heavy (non-hydrogen) atoms. The molecule has 2 heterocycles. The zero-order chi connectivity index (χ0) is 22.2. The summed E-state index contributed by atoms with van der Waals surface area (Å²) < 4.78 is 16.8. The number of carbonyl (C=O) groups is 1. The SMILES string of the molecule is COC(=O)c1ccc(C2Oc3c(OC)cccc3C3CC(c4ccc(Cl)cc4)=NN32)cc1. The van der Waals surface area contributed by atoms with Gasteiger partial charge in [-0.25, -0.2) is 9.80 Å². The minimum Gasteiger partial charge on any atom is -0.493 e. The maximum Gasteiger partial charge on any atom is 0.337 e. The lowest BCUT2D eigenvalue weighted by Crippen LogP contribution is -2.33. The third-order valence-corrected chi connectivity index (χ3v) is 6.05. The Balaban J connectivity index is 1.57. The van der Waals surface area contributed by atoms with Crippen LogP contribution in [0.5, 0.6) is 11.5 Å². The van der Waals surface area contributed by atoms with Crippen LogP contribution in [0.15, 0.2) is 71.8 Å². The van der Waals surface area contributed by atoms with E-state index in [0.717, 1.165) is 28.8 Å². The van der Waals surface area contributed by atoms with Gasteiger partial charge in [-0.1, -0.05) is 48.0 Å². The van der Waals surface area contributed by atoms with Gasteiger partial charge in [0.1, 0.15) is 0 Å². The number of methoxy groups -OCH3 is 2. The van der Waals surface area contributed by atoms with E-state index in [9.17, 15) is 4.79 Å². The summed E-state index contributed by atoms with van der Waals surface area (Å²) in [7, 11) is 3.00. The van der Waals surface area contributed by atoms with Crippen LogP contribution in [-0.4, -0.2) is 30.9 Å². The van der Waals surface area contributed by atoms with E-state index < -0.39 is 6.23 Å². The molecule has 2 unspecified atom stereocenters. The maximum absolute atomic E-state index is 11.8. The first-order chi connectivity index (χ1) is 15.6. The van der Waals surface area contributed by atoms with Gasteiger partial charge in [-0.2, -0.15) is 5.10 Å². The molecule has 0 aliphatic carbocycles. The second-order valence-corrected chi connectivity index (χ2v) is 8.05. The number of rotatable bonds is 4. The van der Waals surface area contributed by atoms with E-state index >= 15 is 0 Å².